The van der Waals surface area contributed by atoms with Gasteiger partial charge in [-0.2, -0.15) is 0 Å². The highest BCUT2D eigenvalue weighted by Crippen LogP contribution is 2.21. The number of nitrogens with zero attached hydrogens (tertiary/aromatic N) is 1. The van der Waals surface area contributed by atoms with Crippen molar-refractivity contribution < 1.29 is 9.90 Å². The third kappa shape index (κ3) is 3.62. The molecule has 0 saturated heterocycles. The number of aromatic nitrogens is 1. The zero-order valence-electron chi connectivity index (χ0n) is 10.1. The van der Waals surface area contributed by atoms with E-state index in [2.05, 4.69) is 26.2 Å². The molecule has 2 rings (SSSR count). The molecule has 2 N–H and O–H groups in total. The molecule has 1 heterocycles. The smallest absolute Gasteiger partial charge is 0.255 e. The fourth-order valence-electron chi connectivity index (χ4n) is 1.63. The number of aliphatic hydroxyl groups excluding tert-OH is 1. The van der Waals surface area contributed by atoms with Crippen LogP contribution in [0.2, 0.25) is 0 Å². The molecule has 1 aromatic heterocycles. The highest BCUT2D eigenvalue weighted by atomic mass is 79.9. The van der Waals surface area contributed by atoms with Crippen molar-refractivity contribution in [2.24, 2.45) is 0 Å². The Labute approximate surface area is 119 Å². The summed E-state index contributed by atoms with van der Waals surface area (Å²) < 4.78 is 0.827. The van der Waals surface area contributed by atoms with Gasteiger partial charge in [0.2, 0.25) is 0 Å². The van der Waals surface area contributed by atoms with Crippen molar-refractivity contribution in [1.29, 1.82) is 0 Å². The molecule has 19 heavy (non-hydrogen) atoms. The number of anilines is 1. The lowest BCUT2D eigenvalue weighted by molar-refractivity contribution is 0.102. The van der Waals surface area contributed by atoms with E-state index in [-0.39, 0.29) is 12.5 Å². The van der Waals surface area contributed by atoms with Gasteiger partial charge in [-0.1, -0.05) is 12.1 Å². The molecule has 0 spiro atoms. The lowest BCUT2D eigenvalue weighted by atomic mass is 10.2. The largest absolute Gasteiger partial charge is 0.396 e. The number of carbonyl (C=O) groups excluding carboxylic acids is 1. The SMILES string of the molecule is O=C(Nc1ccccc1Br)c1ccnc(CCO)c1. The lowest BCUT2D eigenvalue weighted by Crippen LogP contribution is -2.13. The second-order valence-electron chi connectivity index (χ2n) is 3.94. The molecule has 0 atom stereocenters. The van der Waals surface area contributed by atoms with Crippen molar-refractivity contribution in [2.75, 3.05) is 11.9 Å². The Hall–Kier alpha value is -1.72. The van der Waals surface area contributed by atoms with Crippen molar-refractivity contribution in [1.82, 2.24) is 4.98 Å². The van der Waals surface area contributed by atoms with Crippen molar-refractivity contribution in [3.05, 3.63) is 58.3 Å². The van der Waals surface area contributed by atoms with E-state index in [0.717, 1.165) is 4.47 Å². The number of carbonyl (C=O) groups is 1. The van der Waals surface area contributed by atoms with E-state index in [1.54, 1.807) is 18.3 Å². The summed E-state index contributed by atoms with van der Waals surface area (Å²) in [7, 11) is 0. The number of nitrogens with one attached hydrogen (secondary N) is 1. The molecule has 98 valence electrons. The molecule has 1 aromatic carbocycles. The minimum Gasteiger partial charge on any atom is -0.396 e. The van der Waals surface area contributed by atoms with Crippen LogP contribution >= 0.6 is 15.9 Å². The van der Waals surface area contributed by atoms with Gasteiger partial charge in [0.1, 0.15) is 0 Å². The molecule has 0 bridgehead atoms. The fourth-order valence-corrected chi connectivity index (χ4v) is 2.01. The van der Waals surface area contributed by atoms with Gasteiger partial charge in [0, 0.05) is 35.0 Å². The summed E-state index contributed by atoms with van der Waals surface area (Å²) in [5.74, 6) is -0.200. The second kappa shape index (κ2) is 6.45. The molecule has 0 aliphatic rings. The molecule has 2 aromatic rings. The van der Waals surface area contributed by atoms with Crippen LogP contribution in [0.3, 0.4) is 0 Å². The molecule has 0 radical (unpaired) electrons. The molecular formula is C14H13BrN2O2. The highest BCUT2D eigenvalue weighted by Gasteiger charge is 2.08. The minimum absolute atomic E-state index is 0.0162. The van der Waals surface area contributed by atoms with E-state index < -0.39 is 0 Å². The average Bonchev–Trinajstić information content (AvgIpc) is 2.42. The average molecular weight is 321 g/mol. The number of para-hydroxylation sites is 1. The zero-order valence-corrected chi connectivity index (χ0v) is 11.7. The first kappa shape index (κ1) is 13.7. The number of hydrogen-bond donors (Lipinski definition) is 2. The molecule has 0 aliphatic carbocycles. The summed E-state index contributed by atoms with van der Waals surface area (Å²) in [6, 6.07) is 10.7. The lowest BCUT2D eigenvalue weighted by Gasteiger charge is -2.07. The Bertz CT molecular complexity index is 587. The van der Waals surface area contributed by atoms with Gasteiger partial charge in [0.15, 0.2) is 0 Å². The van der Waals surface area contributed by atoms with Crippen molar-refractivity contribution >= 4 is 27.5 Å². The highest BCUT2D eigenvalue weighted by molar-refractivity contribution is 9.10. The summed E-state index contributed by atoms with van der Waals surface area (Å²) in [5.41, 5.74) is 1.93. The van der Waals surface area contributed by atoms with Crippen LogP contribution in [0, 0.1) is 0 Å². The van der Waals surface area contributed by atoms with Gasteiger partial charge < -0.3 is 10.4 Å². The predicted molar refractivity (Wildman–Crippen MR) is 77.1 cm³/mol. The molecule has 4 nitrogen and oxygen atoms in total. The Morgan fingerprint density at radius 2 is 2.11 bits per heavy atom. The van der Waals surface area contributed by atoms with Crippen molar-refractivity contribution in [2.45, 2.75) is 6.42 Å². The van der Waals surface area contributed by atoms with E-state index in [9.17, 15) is 4.79 Å². The normalized spacial score (nSPS) is 10.2. The monoisotopic (exact) mass is 320 g/mol. The van der Waals surface area contributed by atoms with E-state index in [1.807, 2.05) is 24.3 Å². The Morgan fingerprint density at radius 3 is 2.84 bits per heavy atom. The van der Waals surface area contributed by atoms with Crippen LogP contribution in [0.4, 0.5) is 5.69 Å². The van der Waals surface area contributed by atoms with Crippen molar-refractivity contribution in [3.8, 4) is 0 Å². The summed E-state index contributed by atoms with van der Waals surface area (Å²) >= 11 is 3.38. The van der Waals surface area contributed by atoms with Gasteiger partial charge in [-0.3, -0.25) is 9.78 Å². The summed E-state index contributed by atoms with van der Waals surface area (Å²) in [5, 5.41) is 11.7. The summed E-state index contributed by atoms with van der Waals surface area (Å²) in [6.07, 6.45) is 2.01. The number of amides is 1. The molecular weight excluding hydrogens is 308 g/mol. The quantitative estimate of drug-likeness (QED) is 0.910. The fraction of sp³-hybridized carbons (Fsp3) is 0.143. The van der Waals surface area contributed by atoms with Crippen LogP contribution < -0.4 is 5.32 Å². The molecule has 0 fully saturated rings. The van der Waals surface area contributed by atoms with Gasteiger partial charge in [0.05, 0.1) is 5.69 Å². The van der Waals surface area contributed by atoms with Crippen LogP contribution in [0.1, 0.15) is 16.1 Å². The first-order valence-corrected chi connectivity index (χ1v) is 6.61. The van der Waals surface area contributed by atoms with Gasteiger partial charge in [-0.25, -0.2) is 0 Å². The van der Waals surface area contributed by atoms with Gasteiger partial charge in [0.25, 0.3) is 5.91 Å². The third-order valence-electron chi connectivity index (χ3n) is 2.57. The third-order valence-corrected chi connectivity index (χ3v) is 3.26. The number of hydrogen-bond acceptors (Lipinski definition) is 3. The van der Waals surface area contributed by atoms with E-state index in [0.29, 0.717) is 23.4 Å². The number of benzene rings is 1. The van der Waals surface area contributed by atoms with Crippen LogP contribution in [0.15, 0.2) is 47.1 Å². The van der Waals surface area contributed by atoms with Crippen LogP contribution in [-0.4, -0.2) is 22.6 Å². The maximum atomic E-state index is 12.1. The van der Waals surface area contributed by atoms with Gasteiger partial charge in [-0.05, 0) is 40.2 Å². The van der Waals surface area contributed by atoms with Gasteiger partial charge >= 0.3 is 0 Å². The molecule has 0 aliphatic heterocycles. The Balaban J connectivity index is 2.16. The number of halogens is 1. The van der Waals surface area contributed by atoms with E-state index in [1.165, 1.54) is 0 Å². The predicted octanol–water partition coefficient (Wildman–Crippen LogP) is 2.63. The van der Waals surface area contributed by atoms with Crippen LogP contribution in [0.25, 0.3) is 0 Å². The Morgan fingerprint density at radius 1 is 1.32 bits per heavy atom. The van der Waals surface area contributed by atoms with Crippen LogP contribution in [0.5, 0.6) is 0 Å². The summed E-state index contributed by atoms with van der Waals surface area (Å²) in [6.45, 7) is 0.0162. The Kier molecular flexibility index (Phi) is 4.65. The zero-order chi connectivity index (χ0) is 13.7. The van der Waals surface area contributed by atoms with Gasteiger partial charge in [-0.15, -0.1) is 0 Å². The van der Waals surface area contributed by atoms with Crippen LogP contribution in [-0.2, 0) is 6.42 Å². The second-order valence-corrected chi connectivity index (χ2v) is 4.80. The molecule has 5 heteroatoms. The van der Waals surface area contributed by atoms with Crippen molar-refractivity contribution in [3.63, 3.8) is 0 Å². The number of rotatable bonds is 4. The van der Waals surface area contributed by atoms with E-state index in [4.69, 9.17) is 5.11 Å². The summed E-state index contributed by atoms with van der Waals surface area (Å²) in [4.78, 5) is 16.2. The maximum Gasteiger partial charge on any atom is 0.255 e. The van der Waals surface area contributed by atoms with E-state index >= 15 is 0 Å². The standard InChI is InChI=1S/C14H13BrN2O2/c15-12-3-1-2-4-13(12)17-14(19)10-5-7-16-11(9-10)6-8-18/h1-5,7,9,18H,6,8H2,(H,17,19). The minimum atomic E-state index is -0.200. The molecule has 0 saturated carbocycles. The first-order chi connectivity index (χ1) is 9.20. The first-order valence-electron chi connectivity index (χ1n) is 5.82. The molecule has 0 unspecified atom stereocenters. The number of pyridine rings is 1. The maximum absolute atomic E-state index is 12.1. The molecule has 1 amide bonds. The topological polar surface area (TPSA) is 62.2 Å². The number of aliphatic hydroxyl groups is 1.